The lowest BCUT2D eigenvalue weighted by atomic mass is 9.84. The summed E-state index contributed by atoms with van der Waals surface area (Å²) in [6.45, 7) is 5.29. The second kappa shape index (κ2) is 19.9. The molecule has 2 aliphatic rings. The van der Waals surface area contributed by atoms with E-state index in [0.717, 1.165) is 83.0 Å². The lowest BCUT2D eigenvalue weighted by Crippen LogP contribution is -2.41. The SMILES string of the molecule is COc1nc(OCc2cccc(-c3cccc(COc4nc(OC)c(CN[C@@H]5CCCC[C@@H]5C(=O)O)cc4Cl)c3C)c2C)c(Cl)cc1CN[C@@H]1CCCC[C@@H]1C(=O)O. The van der Waals surface area contributed by atoms with Gasteiger partial charge in [-0.1, -0.05) is 85.3 Å². The van der Waals surface area contributed by atoms with Crippen molar-refractivity contribution in [3.05, 3.63) is 92.0 Å². The van der Waals surface area contributed by atoms with Gasteiger partial charge in [0.15, 0.2) is 0 Å². The maximum absolute atomic E-state index is 11.8. The van der Waals surface area contributed by atoms with Crippen molar-refractivity contribution in [2.45, 2.75) is 104 Å². The van der Waals surface area contributed by atoms with Gasteiger partial charge >= 0.3 is 11.9 Å². The first kappa shape index (κ1) is 43.0. The number of hydrogen-bond donors (Lipinski definition) is 4. The van der Waals surface area contributed by atoms with Crippen molar-refractivity contribution in [3.63, 3.8) is 0 Å². The zero-order valence-electron chi connectivity index (χ0n) is 33.4. The monoisotopic (exact) mass is 834 g/mol. The quantitative estimate of drug-likeness (QED) is 0.0802. The fourth-order valence-electron chi connectivity index (χ4n) is 8.18. The third-order valence-electron chi connectivity index (χ3n) is 11.5. The molecule has 4 aromatic rings. The number of aromatic nitrogens is 2. The fraction of sp³-hybridized carbons (Fsp3) is 0.455. The number of nitrogens with one attached hydrogen (secondary N) is 2. The first-order valence-electron chi connectivity index (χ1n) is 19.8. The van der Waals surface area contributed by atoms with Crippen molar-refractivity contribution in [2.24, 2.45) is 11.8 Å². The average molecular weight is 836 g/mol. The molecule has 310 valence electrons. The molecule has 2 saturated carbocycles. The van der Waals surface area contributed by atoms with E-state index in [1.807, 2.05) is 24.3 Å². The zero-order chi connectivity index (χ0) is 41.3. The van der Waals surface area contributed by atoms with Gasteiger partial charge in [0, 0.05) is 36.3 Å². The van der Waals surface area contributed by atoms with Crippen molar-refractivity contribution >= 4 is 35.1 Å². The molecule has 2 fully saturated rings. The Kier molecular flexibility index (Phi) is 14.7. The van der Waals surface area contributed by atoms with Gasteiger partial charge in [0.2, 0.25) is 23.5 Å². The second-order valence-corrected chi connectivity index (χ2v) is 15.9. The number of ether oxygens (including phenoxy) is 4. The summed E-state index contributed by atoms with van der Waals surface area (Å²) >= 11 is 13.4. The number of aliphatic carboxylic acids is 2. The Morgan fingerprint density at radius 3 is 1.41 bits per heavy atom. The topological polar surface area (TPSA) is 161 Å². The highest BCUT2D eigenvalue weighted by Crippen LogP contribution is 2.35. The Labute approximate surface area is 349 Å². The Hall–Kier alpha value is -4.62. The van der Waals surface area contributed by atoms with Crippen LogP contribution < -0.4 is 29.6 Å². The molecular weight excluding hydrogens is 783 g/mol. The third kappa shape index (κ3) is 10.1. The number of methoxy groups -OCH3 is 2. The Bertz CT molecular complexity index is 1950. The summed E-state index contributed by atoms with van der Waals surface area (Å²) in [5.74, 6) is -1.19. The molecule has 0 amide bonds. The van der Waals surface area contributed by atoms with Crippen LogP contribution >= 0.6 is 23.2 Å². The molecule has 0 aliphatic heterocycles. The van der Waals surface area contributed by atoms with Crippen LogP contribution in [0.3, 0.4) is 0 Å². The van der Waals surface area contributed by atoms with Crippen LogP contribution in [0.2, 0.25) is 10.0 Å². The van der Waals surface area contributed by atoms with Crippen LogP contribution in [-0.4, -0.2) is 58.4 Å². The van der Waals surface area contributed by atoms with Crippen molar-refractivity contribution in [2.75, 3.05) is 14.2 Å². The molecule has 0 spiro atoms. The van der Waals surface area contributed by atoms with E-state index in [0.29, 0.717) is 47.7 Å². The number of carboxylic acids is 2. The van der Waals surface area contributed by atoms with Crippen molar-refractivity contribution in [1.82, 2.24) is 20.6 Å². The number of carbonyl (C=O) groups is 2. The van der Waals surface area contributed by atoms with E-state index in [2.05, 4.69) is 46.6 Å². The van der Waals surface area contributed by atoms with E-state index in [1.165, 1.54) is 14.2 Å². The molecule has 6 rings (SSSR count). The average Bonchev–Trinajstić information content (AvgIpc) is 3.22. The van der Waals surface area contributed by atoms with Gasteiger partial charge in [-0.2, -0.15) is 9.97 Å². The molecule has 0 saturated heterocycles. The molecule has 0 unspecified atom stereocenters. The molecule has 2 aromatic carbocycles. The molecule has 0 bridgehead atoms. The number of rotatable bonds is 17. The minimum Gasteiger partial charge on any atom is -0.481 e. The van der Waals surface area contributed by atoms with Crippen molar-refractivity contribution in [3.8, 4) is 34.6 Å². The lowest BCUT2D eigenvalue weighted by molar-refractivity contribution is -0.144. The van der Waals surface area contributed by atoms with Gasteiger partial charge < -0.3 is 39.8 Å². The number of halogens is 2. The summed E-state index contributed by atoms with van der Waals surface area (Å²) in [5.41, 5.74) is 7.51. The molecule has 2 aromatic heterocycles. The van der Waals surface area contributed by atoms with Crippen LogP contribution in [0.15, 0.2) is 48.5 Å². The highest BCUT2D eigenvalue weighted by atomic mass is 35.5. The molecule has 0 radical (unpaired) electrons. The molecule has 2 aliphatic carbocycles. The first-order chi connectivity index (χ1) is 28.0. The number of pyridine rings is 2. The van der Waals surface area contributed by atoms with Crippen molar-refractivity contribution in [1.29, 1.82) is 0 Å². The number of carboxylic acid groups (broad SMARTS) is 2. The summed E-state index contributed by atoms with van der Waals surface area (Å²) in [6, 6.07) is 15.4. The van der Waals surface area contributed by atoms with Gasteiger partial charge in [-0.05, 0) is 85.0 Å². The minimum atomic E-state index is -0.776. The molecule has 14 heteroatoms. The molecular formula is C44H52Cl2N4O8. The van der Waals surface area contributed by atoms with E-state index in [1.54, 1.807) is 12.1 Å². The molecule has 2 heterocycles. The van der Waals surface area contributed by atoms with Gasteiger partial charge in [-0.25, -0.2) is 0 Å². The molecule has 58 heavy (non-hydrogen) atoms. The van der Waals surface area contributed by atoms with Crippen molar-refractivity contribution < 1.29 is 38.7 Å². The normalized spacial score (nSPS) is 19.3. The number of nitrogens with zero attached hydrogens (tertiary/aromatic N) is 2. The third-order valence-corrected chi connectivity index (χ3v) is 12.1. The zero-order valence-corrected chi connectivity index (χ0v) is 34.9. The number of benzene rings is 2. The number of hydrogen-bond acceptors (Lipinski definition) is 10. The van der Waals surface area contributed by atoms with Crippen LogP contribution in [0.4, 0.5) is 0 Å². The second-order valence-electron chi connectivity index (χ2n) is 15.1. The minimum absolute atomic E-state index is 0.132. The van der Waals surface area contributed by atoms with Crippen LogP contribution in [-0.2, 0) is 35.9 Å². The summed E-state index contributed by atoms with van der Waals surface area (Å²) in [5, 5.41) is 26.8. The van der Waals surface area contributed by atoms with Crippen LogP contribution in [0, 0.1) is 25.7 Å². The molecule has 4 N–H and O–H groups in total. The van der Waals surface area contributed by atoms with E-state index in [-0.39, 0.29) is 37.1 Å². The maximum Gasteiger partial charge on any atom is 0.308 e. The highest BCUT2D eigenvalue weighted by molar-refractivity contribution is 6.32. The Morgan fingerprint density at radius 2 is 1.03 bits per heavy atom. The predicted molar refractivity (Wildman–Crippen MR) is 222 cm³/mol. The molecule has 4 atom stereocenters. The Morgan fingerprint density at radius 1 is 0.638 bits per heavy atom. The smallest absolute Gasteiger partial charge is 0.308 e. The standard InChI is InChI=1S/C44H52Cl2N4O8/c1-25-27(23-57-41-35(45)19-29(39(49-41)55-3)21-47-37-17-7-5-13-33(37)43(51)52)11-9-15-31(25)32-16-10-12-28(26(32)2)24-58-42-36(46)20-30(40(50-42)56-4)22-48-38-18-8-6-14-34(38)44(53)54/h9-12,15-16,19-20,33-34,37-38,47-48H,5-8,13-14,17-18,21-24H2,1-4H3,(H,51,52)(H,53,54)/t33-,34-,37+,38+/m0/s1. The summed E-state index contributed by atoms with van der Waals surface area (Å²) < 4.78 is 23.5. The van der Waals surface area contributed by atoms with E-state index >= 15 is 0 Å². The van der Waals surface area contributed by atoms with Gasteiger partial charge in [-0.3, -0.25) is 9.59 Å². The maximum atomic E-state index is 11.8. The van der Waals surface area contributed by atoms with Crippen LogP contribution in [0.1, 0.15) is 84.7 Å². The molecule has 12 nitrogen and oxygen atoms in total. The van der Waals surface area contributed by atoms with Gasteiger partial charge in [-0.15, -0.1) is 0 Å². The Balaban J connectivity index is 1.11. The highest BCUT2D eigenvalue weighted by Gasteiger charge is 2.32. The van der Waals surface area contributed by atoms with Gasteiger partial charge in [0.1, 0.15) is 23.3 Å². The van der Waals surface area contributed by atoms with E-state index in [4.69, 9.17) is 42.1 Å². The van der Waals surface area contributed by atoms with E-state index in [9.17, 15) is 19.8 Å². The predicted octanol–water partition coefficient (Wildman–Crippen LogP) is 8.71. The summed E-state index contributed by atoms with van der Waals surface area (Å²) in [7, 11) is 3.07. The van der Waals surface area contributed by atoms with Crippen LogP contribution in [0.5, 0.6) is 23.5 Å². The van der Waals surface area contributed by atoms with Gasteiger partial charge in [0.25, 0.3) is 0 Å². The largest absolute Gasteiger partial charge is 0.481 e. The summed E-state index contributed by atoms with van der Waals surface area (Å²) in [4.78, 5) is 32.7. The van der Waals surface area contributed by atoms with Crippen LogP contribution in [0.25, 0.3) is 11.1 Å². The van der Waals surface area contributed by atoms with E-state index < -0.39 is 23.8 Å². The lowest BCUT2D eigenvalue weighted by Gasteiger charge is -2.29. The van der Waals surface area contributed by atoms with Gasteiger partial charge in [0.05, 0.1) is 26.1 Å². The summed E-state index contributed by atoms with van der Waals surface area (Å²) in [6.07, 6.45) is 6.74. The first-order valence-corrected chi connectivity index (χ1v) is 20.6. The fourth-order valence-corrected chi connectivity index (χ4v) is 8.63.